The molecule has 0 saturated heterocycles. The van der Waals surface area contributed by atoms with E-state index < -0.39 is 0 Å². The number of anilines is 1. The van der Waals surface area contributed by atoms with Crippen LogP contribution in [0.25, 0.3) is 6.08 Å². The number of carbonyl (C=O) groups excluding carboxylic acids is 2. The lowest BCUT2D eigenvalue weighted by molar-refractivity contribution is -0.111. The molecule has 2 heterocycles. The number of nitrogens with one attached hydrogen (secondary N) is 1. The van der Waals surface area contributed by atoms with E-state index in [1.807, 2.05) is 37.4 Å². The fraction of sp³-hybridized carbons (Fsp3) is 0.300. The maximum Gasteiger partial charge on any atom is 0.341 e. The SMILES string of the molecule is CCOC(=O)c1c(NC(=O)C=Cc2ccccc2)sc2c1CCN(C)C2. The summed E-state index contributed by atoms with van der Waals surface area (Å²) in [6.07, 6.45) is 4.02. The minimum atomic E-state index is -0.364. The molecule has 0 saturated carbocycles. The highest BCUT2D eigenvalue weighted by Gasteiger charge is 2.28. The second-order valence-corrected chi connectivity index (χ2v) is 7.25. The zero-order valence-electron chi connectivity index (χ0n) is 15.0. The summed E-state index contributed by atoms with van der Waals surface area (Å²) in [6.45, 7) is 3.76. The molecule has 0 fully saturated rings. The zero-order chi connectivity index (χ0) is 18.5. The zero-order valence-corrected chi connectivity index (χ0v) is 15.8. The third kappa shape index (κ3) is 4.20. The lowest BCUT2D eigenvalue weighted by Crippen LogP contribution is -2.26. The second-order valence-electron chi connectivity index (χ2n) is 6.15. The summed E-state index contributed by atoms with van der Waals surface area (Å²) in [4.78, 5) is 28.1. The molecule has 0 aliphatic carbocycles. The number of hydrogen-bond acceptors (Lipinski definition) is 5. The van der Waals surface area contributed by atoms with Crippen molar-refractivity contribution in [1.82, 2.24) is 4.90 Å². The van der Waals surface area contributed by atoms with E-state index in [2.05, 4.69) is 10.2 Å². The molecule has 26 heavy (non-hydrogen) atoms. The number of carbonyl (C=O) groups is 2. The molecule has 1 aliphatic heterocycles. The van der Waals surface area contributed by atoms with Crippen molar-refractivity contribution in [2.24, 2.45) is 0 Å². The molecule has 5 nitrogen and oxygen atoms in total. The minimum Gasteiger partial charge on any atom is -0.462 e. The monoisotopic (exact) mass is 370 g/mol. The molecule has 3 rings (SSSR count). The van der Waals surface area contributed by atoms with Gasteiger partial charge in [0, 0.05) is 24.0 Å². The smallest absolute Gasteiger partial charge is 0.341 e. The van der Waals surface area contributed by atoms with Crippen LogP contribution in [0.4, 0.5) is 5.00 Å². The van der Waals surface area contributed by atoms with Gasteiger partial charge in [0.25, 0.3) is 0 Å². The number of hydrogen-bond donors (Lipinski definition) is 1. The van der Waals surface area contributed by atoms with Gasteiger partial charge >= 0.3 is 5.97 Å². The van der Waals surface area contributed by atoms with Gasteiger partial charge in [-0.3, -0.25) is 4.79 Å². The molecule has 2 aromatic rings. The number of ether oxygens (including phenoxy) is 1. The molecule has 0 unspecified atom stereocenters. The fourth-order valence-corrected chi connectivity index (χ4v) is 4.25. The summed E-state index contributed by atoms with van der Waals surface area (Å²) in [5.41, 5.74) is 2.47. The van der Waals surface area contributed by atoms with Crippen molar-refractivity contribution < 1.29 is 14.3 Å². The first-order chi connectivity index (χ1) is 12.6. The van der Waals surface area contributed by atoms with Crippen molar-refractivity contribution in [3.05, 3.63) is 58.0 Å². The molecular formula is C20H22N2O3S. The molecule has 1 N–H and O–H groups in total. The van der Waals surface area contributed by atoms with E-state index in [0.717, 1.165) is 35.5 Å². The molecule has 136 valence electrons. The number of benzene rings is 1. The Balaban J connectivity index is 1.83. The largest absolute Gasteiger partial charge is 0.462 e. The average Bonchev–Trinajstić information content (AvgIpc) is 2.98. The number of thiophene rings is 1. The Labute approximate surface area is 157 Å². The van der Waals surface area contributed by atoms with Crippen LogP contribution in [0.2, 0.25) is 0 Å². The van der Waals surface area contributed by atoms with E-state index in [1.54, 1.807) is 13.0 Å². The summed E-state index contributed by atoms with van der Waals surface area (Å²) in [5.74, 6) is -0.622. The molecule has 0 spiro atoms. The first kappa shape index (κ1) is 18.4. The number of esters is 1. The van der Waals surface area contributed by atoms with Gasteiger partial charge in [0.2, 0.25) is 5.91 Å². The maximum atomic E-state index is 12.4. The topological polar surface area (TPSA) is 58.6 Å². The van der Waals surface area contributed by atoms with Crippen molar-refractivity contribution in [3.8, 4) is 0 Å². The van der Waals surface area contributed by atoms with Gasteiger partial charge in [0.15, 0.2) is 0 Å². The predicted molar refractivity (Wildman–Crippen MR) is 104 cm³/mol. The van der Waals surface area contributed by atoms with Crippen molar-refractivity contribution in [2.75, 3.05) is 25.5 Å². The number of amides is 1. The van der Waals surface area contributed by atoms with Crippen LogP contribution in [0.3, 0.4) is 0 Å². The summed E-state index contributed by atoms with van der Waals surface area (Å²) in [7, 11) is 2.05. The summed E-state index contributed by atoms with van der Waals surface area (Å²) in [5, 5.41) is 3.44. The number of rotatable bonds is 5. The van der Waals surface area contributed by atoms with E-state index >= 15 is 0 Å². The van der Waals surface area contributed by atoms with Crippen molar-refractivity contribution in [3.63, 3.8) is 0 Å². The van der Waals surface area contributed by atoms with E-state index in [0.29, 0.717) is 17.2 Å². The van der Waals surface area contributed by atoms with Crippen LogP contribution < -0.4 is 5.32 Å². The third-order valence-electron chi connectivity index (χ3n) is 4.19. The van der Waals surface area contributed by atoms with Crippen LogP contribution >= 0.6 is 11.3 Å². The van der Waals surface area contributed by atoms with E-state index in [4.69, 9.17) is 4.74 Å². The van der Waals surface area contributed by atoms with Gasteiger partial charge in [0.1, 0.15) is 5.00 Å². The molecule has 1 aliphatic rings. The van der Waals surface area contributed by atoms with Gasteiger partial charge in [-0.25, -0.2) is 4.79 Å². The van der Waals surface area contributed by atoms with Crippen molar-refractivity contribution in [1.29, 1.82) is 0 Å². The van der Waals surface area contributed by atoms with Crippen molar-refractivity contribution >= 4 is 34.3 Å². The molecule has 0 radical (unpaired) electrons. The molecule has 0 bridgehead atoms. The first-order valence-electron chi connectivity index (χ1n) is 8.62. The van der Waals surface area contributed by atoms with Gasteiger partial charge < -0.3 is 15.0 Å². The van der Waals surface area contributed by atoms with Gasteiger partial charge in [-0.1, -0.05) is 30.3 Å². The lowest BCUT2D eigenvalue weighted by atomic mass is 10.0. The Morgan fingerprint density at radius 1 is 1.31 bits per heavy atom. The fourth-order valence-electron chi connectivity index (χ4n) is 2.93. The van der Waals surface area contributed by atoms with Gasteiger partial charge in [-0.2, -0.15) is 0 Å². The van der Waals surface area contributed by atoms with Crippen molar-refractivity contribution in [2.45, 2.75) is 19.9 Å². The molecular weight excluding hydrogens is 348 g/mol. The number of fused-ring (bicyclic) bond motifs is 1. The standard InChI is InChI=1S/C20H22N2O3S/c1-3-25-20(24)18-15-11-12-22(2)13-16(15)26-19(18)21-17(23)10-9-14-7-5-4-6-8-14/h4-10H,3,11-13H2,1-2H3,(H,21,23). The van der Waals surface area contributed by atoms with Crippen LogP contribution in [-0.2, 0) is 22.5 Å². The van der Waals surface area contributed by atoms with Crippen LogP contribution in [-0.4, -0.2) is 37.0 Å². The number of likely N-dealkylation sites (N-methyl/N-ethyl adjacent to an activating group) is 1. The Morgan fingerprint density at radius 2 is 2.08 bits per heavy atom. The summed E-state index contributed by atoms with van der Waals surface area (Å²) >= 11 is 1.46. The highest BCUT2D eigenvalue weighted by Crippen LogP contribution is 2.37. The molecule has 1 amide bonds. The third-order valence-corrected chi connectivity index (χ3v) is 5.32. The quantitative estimate of drug-likeness (QED) is 0.646. The molecule has 0 atom stereocenters. The highest BCUT2D eigenvalue weighted by molar-refractivity contribution is 7.17. The Bertz CT molecular complexity index is 827. The minimum absolute atomic E-state index is 0.258. The van der Waals surface area contributed by atoms with Gasteiger partial charge in [0.05, 0.1) is 12.2 Å². The second kappa shape index (κ2) is 8.29. The molecule has 1 aromatic carbocycles. The predicted octanol–water partition coefficient (Wildman–Crippen LogP) is 3.56. The first-order valence-corrected chi connectivity index (χ1v) is 9.44. The van der Waals surface area contributed by atoms with E-state index in [1.165, 1.54) is 17.4 Å². The Morgan fingerprint density at radius 3 is 2.81 bits per heavy atom. The summed E-state index contributed by atoms with van der Waals surface area (Å²) in [6, 6.07) is 9.61. The van der Waals surface area contributed by atoms with Gasteiger partial charge in [-0.05, 0) is 37.6 Å². The molecule has 1 aromatic heterocycles. The molecule has 6 heteroatoms. The van der Waals surface area contributed by atoms with Crippen LogP contribution in [0.15, 0.2) is 36.4 Å². The van der Waals surface area contributed by atoms with Crippen LogP contribution in [0, 0.1) is 0 Å². The van der Waals surface area contributed by atoms with E-state index in [9.17, 15) is 9.59 Å². The summed E-state index contributed by atoms with van der Waals surface area (Å²) < 4.78 is 5.22. The van der Waals surface area contributed by atoms with Crippen LogP contribution in [0.1, 0.15) is 33.3 Å². The number of nitrogens with zero attached hydrogens (tertiary/aromatic N) is 1. The highest BCUT2D eigenvalue weighted by atomic mass is 32.1. The Kier molecular flexibility index (Phi) is 5.85. The average molecular weight is 370 g/mol. The lowest BCUT2D eigenvalue weighted by Gasteiger charge is -2.22. The van der Waals surface area contributed by atoms with Gasteiger partial charge in [-0.15, -0.1) is 11.3 Å². The van der Waals surface area contributed by atoms with Crippen LogP contribution in [0.5, 0.6) is 0 Å². The Hall–Kier alpha value is -2.44. The normalized spacial score (nSPS) is 14.2. The maximum absolute atomic E-state index is 12.4. The van der Waals surface area contributed by atoms with E-state index in [-0.39, 0.29) is 11.9 Å².